The minimum Gasteiger partial charge on any atom is -0.633 e. The summed E-state index contributed by atoms with van der Waals surface area (Å²) in [6.07, 6.45) is -9.87. The molecule has 3 aliphatic rings. The molecule has 0 aliphatic carbocycles. The van der Waals surface area contributed by atoms with Crippen LogP contribution < -0.4 is 5.73 Å². The molecule has 0 aromatic carbocycles. The topological polar surface area (TPSA) is 226 Å². The van der Waals surface area contributed by atoms with Crippen LogP contribution in [0.1, 0.15) is 94.9 Å². The zero-order valence-corrected chi connectivity index (χ0v) is 35.6. The summed E-state index contributed by atoms with van der Waals surface area (Å²) in [4.78, 5) is 16.2. The van der Waals surface area contributed by atoms with Crippen LogP contribution in [0.4, 0.5) is 0 Å². The molecular formula is C39H75N3O13. The average Bonchev–Trinajstić information content (AvgIpc) is 3.09. The maximum absolute atomic E-state index is 14.3. The van der Waals surface area contributed by atoms with Crippen molar-refractivity contribution in [2.24, 2.45) is 23.5 Å². The highest BCUT2D eigenvalue weighted by Crippen LogP contribution is 2.40. The lowest BCUT2D eigenvalue weighted by Gasteiger charge is -2.51. The van der Waals surface area contributed by atoms with E-state index in [-0.39, 0.29) is 38.1 Å². The molecule has 7 N–H and O–H groups in total. The minimum absolute atomic E-state index is 0.0897. The van der Waals surface area contributed by atoms with E-state index in [9.17, 15) is 35.5 Å². The molecule has 16 heteroatoms. The number of nitrogens with two attached hydrogens (primary N) is 1. The lowest BCUT2D eigenvalue weighted by molar-refractivity contribution is -0.874. The van der Waals surface area contributed by atoms with Crippen LogP contribution in [0, 0.1) is 23.0 Å². The first-order valence-electron chi connectivity index (χ1n) is 20.1. The molecule has 0 amide bonds. The average molecular weight is 794 g/mol. The Morgan fingerprint density at radius 1 is 0.982 bits per heavy atom. The monoisotopic (exact) mass is 794 g/mol. The number of ether oxygens (including phenoxy) is 6. The predicted octanol–water partition coefficient (Wildman–Crippen LogP) is 1.24. The number of methoxy groups -OCH3 is 1. The van der Waals surface area contributed by atoms with Crippen molar-refractivity contribution in [2.75, 3.05) is 40.8 Å². The molecule has 0 radical (unpaired) electrons. The van der Waals surface area contributed by atoms with E-state index in [1.54, 1.807) is 55.4 Å². The third kappa shape index (κ3) is 11.1. The summed E-state index contributed by atoms with van der Waals surface area (Å²) in [6, 6.07) is -1.42. The van der Waals surface area contributed by atoms with E-state index in [1.165, 1.54) is 28.1 Å². The SMILES string of the molecule is CC[C@H]1OC(=O)[C@H](C)[C@@H](O[C@H]2C[C@@](C)(OC)[C@@H](O)[C@H](C)O2)[C@H](C)[C@@H](O[C@@H]2O[C@H](C)C[C@H]([N+](C)(C)[O-])[C@H]2O)[C@](C)(O)C[C@@H](C)CN(CCN)[C@H](C)[C@@H](O)[C@]1(C)O. The van der Waals surface area contributed by atoms with Crippen molar-refractivity contribution in [2.45, 2.75) is 185 Å². The van der Waals surface area contributed by atoms with Crippen molar-refractivity contribution in [1.82, 2.24) is 4.90 Å². The fraction of sp³-hybridized carbons (Fsp3) is 0.974. The Labute approximate surface area is 328 Å². The van der Waals surface area contributed by atoms with Gasteiger partial charge in [0.05, 0.1) is 55.6 Å². The third-order valence-corrected chi connectivity index (χ3v) is 12.6. The minimum atomic E-state index is -1.87. The lowest BCUT2D eigenvalue weighted by Crippen LogP contribution is -2.62. The number of nitrogens with zero attached hydrogens (tertiary/aromatic N) is 2. The summed E-state index contributed by atoms with van der Waals surface area (Å²) >= 11 is 0. The second kappa shape index (κ2) is 18.9. The molecule has 324 valence electrons. The number of cyclic esters (lactones) is 1. The van der Waals surface area contributed by atoms with E-state index in [1.807, 2.05) is 11.8 Å². The highest BCUT2D eigenvalue weighted by atomic mass is 16.7. The fourth-order valence-corrected chi connectivity index (χ4v) is 9.17. The molecule has 0 bridgehead atoms. The number of esters is 1. The van der Waals surface area contributed by atoms with Crippen LogP contribution >= 0.6 is 0 Å². The Hall–Kier alpha value is -1.09. The van der Waals surface area contributed by atoms with Gasteiger partial charge in [0.1, 0.15) is 30.0 Å². The van der Waals surface area contributed by atoms with Crippen LogP contribution in [-0.4, -0.2) is 172 Å². The van der Waals surface area contributed by atoms with Crippen LogP contribution in [0.2, 0.25) is 0 Å². The highest BCUT2D eigenvalue weighted by Gasteiger charge is 2.53. The maximum atomic E-state index is 14.3. The van der Waals surface area contributed by atoms with Crippen LogP contribution in [0.3, 0.4) is 0 Å². The van der Waals surface area contributed by atoms with E-state index in [2.05, 4.69) is 0 Å². The molecule has 3 aliphatic heterocycles. The highest BCUT2D eigenvalue weighted by molar-refractivity contribution is 5.73. The third-order valence-electron chi connectivity index (χ3n) is 12.6. The van der Waals surface area contributed by atoms with Gasteiger partial charge in [0.15, 0.2) is 18.7 Å². The van der Waals surface area contributed by atoms with E-state index in [0.29, 0.717) is 13.1 Å². The Morgan fingerprint density at radius 2 is 1.60 bits per heavy atom. The smallest absolute Gasteiger partial charge is 0.311 e. The Bertz CT molecular complexity index is 1220. The number of quaternary nitrogens is 1. The van der Waals surface area contributed by atoms with Crippen LogP contribution in [0.5, 0.6) is 0 Å². The van der Waals surface area contributed by atoms with Gasteiger partial charge in [-0.2, -0.15) is 0 Å². The molecule has 16 nitrogen and oxygen atoms in total. The van der Waals surface area contributed by atoms with Crippen molar-refractivity contribution >= 4 is 5.97 Å². The van der Waals surface area contributed by atoms with Gasteiger partial charge in [0.2, 0.25) is 0 Å². The number of carbonyl (C=O) groups is 1. The van der Waals surface area contributed by atoms with Gasteiger partial charge in [0, 0.05) is 51.5 Å². The lowest BCUT2D eigenvalue weighted by atomic mass is 9.77. The summed E-state index contributed by atoms with van der Waals surface area (Å²) in [6.45, 7) is 18.1. The quantitative estimate of drug-likeness (QED) is 0.110. The Balaban J connectivity index is 2.21. The fourth-order valence-electron chi connectivity index (χ4n) is 9.17. The van der Waals surface area contributed by atoms with Gasteiger partial charge in [-0.05, 0) is 67.2 Å². The molecule has 3 fully saturated rings. The molecule has 3 saturated heterocycles. The second-order valence-corrected chi connectivity index (χ2v) is 18.0. The van der Waals surface area contributed by atoms with Crippen molar-refractivity contribution in [3.8, 4) is 0 Å². The van der Waals surface area contributed by atoms with Crippen molar-refractivity contribution in [1.29, 1.82) is 0 Å². The van der Waals surface area contributed by atoms with Gasteiger partial charge in [0.25, 0.3) is 0 Å². The van der Waals surface area contributed by atoms with Gasteiger partial charge >= 0.3 is 5.97 Å². The zero-order chi connectivity index (χ0) is 42.0. The summed E-state index contributed by atoms with van der Waals surface area (Å²) in [5, 5.41) is 71.8. The number of hydroxylamine groups is 3. The molecule has 0 saturated carbocycles. The first kappa shape index (κ1) is 48.3. The van der Waals surface area contributed by atoms with E-state index >= 15 is 0 Å². The number of likely N-dealkylation sites (N-methyl/N-ethyl adjacent to an activating group) is 1. The van der Waals surface area contributed by atoms with Gasteiger partial charge in [-0.1, -0.05) is 20.8 Å². The first-order valence-corrected chi connectivity index (χ1v) is 20.1. The Morgan fingerprint density at radius 3 is 2.15 bits per heavy atom. The van der Waals surface area contributed by atoms with Crippen molar-refractivity contribution < 1.29 is 63.4 Å². The predicted molar refractivity (Wildman–Crippen MR) is 204 cm³/mol. The summed E-state index contributed by atoms with van der Waals surface area (Å²) in [5.74, 6) is -2.90. The molecule has 0 unspecified atom stereocenters. The number of aliphatic hydroxyl groups excluding tert-OH is 3. The summed E-state index contributed by atoms with van der Waals surface area (Å²) in [5.41, 5.74) is 1.42. The maximum Gasteiger partial charge on any atom is 0.311 e. The van der Waals surface area contributed by atoms with Gasteiger partial charge in [-0.3, -0.25) is 9.69 Å². The number of hydrogen-bond acceptors (Lipinski definition) is 15. The second-order valence-electron chi connectivity index (χ2n) is 18.0. The number of rotatable bonds is 9. The normalized spacial score (nSPS) is 47.8. The standard InChI is InChI=1S/C39H75N3O13/c1-14-28-39(10,48)32(44)25(6)41(16-15-40)20-21(2)18-37(8,47)34(55-36-30(43)27(42(11,12)49)17-22(3)51-36)23(4)31(24(5)35(46)53-28)54-29-19-38(9,50-13)33(45)26(7)52-29/h21-34,36,43-45,47-48H,14-20,40H2,1-13H3/t21-,22-,23+,24-,25-,26+,27+,28-,29+,30-,31+,32-,33+,34-,36+,37-,38-,39-/m1/s1. The molecule has 55 heavy (non-hydrogen) atoms. The number of hydrogen-bond donors (Lipinski definition) is 6. The molecule has 0 spiro atoms. The number of aliphatic hydroxyl groups is 5. The van der Waals surface area contributed by atoms with Crippen LogP contribution in [0.15, 0.2) is 0 Å². The summed E-state index contributed by atoms with van der Waals surface area (Å²) in [7, 11) is 4.39. The number of carbonyl (C=O) groups excluding carboxylic acids is 1. The van der Waals surface area contributed by atoms with Crippen LogP contribution in [-0.2, 0) is 33.2 Å². The molecule has 0 aromatic rings. The van der Waals surface area contributed by atoms with Crippen molar-refractivity contribution in [3.63, 3.8) is 0 Å². The largest absolute Gasteiger partial charge is 0.633 e. The van der Waals surface area contributed by atoms with Gasteiger partial charge < -0.3 is 69.5 Å². The zero-order valence-electron chi connectivity index (χ0n) is 35.6. The molecule has 18 atom stereocenters. The van der Waals surface area contributed by atoms with E-state index in [4.69, 9.17) is 34.2 Å². The molecule has 3 rings (SSSR count). The van der Waals surface area contributed by atoms with Crippen LogP contribution in [0.25, 0.3) is 0 Å². The van der Waals surface area contributed by atoms with E-state index in [0.717, 1.165) is 0 Å². The van der Waals surface area contributed by atoms with Gasteiger partial charge in [-0.15, -0.1) is 0 Å². The molecule has 0 aromatic heterocycles. The molecular weight excluding hydrogens is 718 g/mol. The molecule has 3 heterocycles. The summed E-state index contributed by atoms with van der Waals surface area (Å²) < 4.78 is 36.6. The van der Waals surface area contributed by atoms with Gasteiger partial charge in [-0.25, -0.2) is 0 Å². The van der Waals surface area contributed by atoms with E-state index < -0.39 is 113 Å². The Kier molecular flexibility index (Phi) is 16.6. The van der Waals surface area contributed by atoms with Crippen molar-refractivity contribution in [3.05, 3.63) is 5.21 Å². The first-order chi connectivity index (χ1) is 25.2.